The molecule has 19 nitrogen and oxygen atoms in total. The number of carboxylic acid groups (broad SMARTS) is 1. The van der Waals surface area contributed by atoms with E-state index in [1.807, 2.05) is 19.2 Å². The molecule has 1 aromatic carbocycles. The molecule has 1 saturated heterocycles. The van der Waals surface area contributed by atoms with E-state index in [0.717, 1.165) is 25.7 Å². The van der Waals surface area contributed by atoms with E-state index in [1.165, 1.54) is 34.4 Å². The fourth-order valence-corrected chi connectivity index (χ4v) is 9.22. The van der Waals surface area contributed by atoms with E-state index in [4.69, 9.17) is 33.4 Å². The minimum absolute atomic E-state index is 0.0498. The standard InChI is InChI=1S/C45H61N6O13PS/c1-10-26-20-45(26,39(54)55)50-37(52)34-18-29(21-51(34)38(53)36(43(4,5)6)49-42(57)64-27-13-11-12-14-27)63-35-19-32(33-22-66-41(48-33)46-25(2)3)47-31-17-28(15-16-30(31)35)61-24-65(58,59)62-23-60-40(56)44(7,8)9/h10,15-17,19,22,25-27,29,34,36H,1,11-14,18,20-21,23-24H2,2-9H3,(H,46,48)(H,49,57)(H,50,52)(H,54,55)(H,58,59)/t26-,29-,34+,36-,45-/m1/s1. The number of carboxylic acids is 1. The number of alkyl carbamates (subject to hydrolysis) is 1. The van der Waals surface area contributed by atoms with Crippen LogP contribution in [0, 0.1) is 16.7 Å². The number of fused-ring (bicyclic) bond motifs is 1. The van der Waals surface area contributed by atoms with Gasteiger partial charge in [-0.2, -0.15) is 0 Å². The van der Waals surface area contributed by atoms with Crippen LogP contribution in [0.2, 0.25) is 0 Å². The number of benzene rings is 1. The van der Waals surface area contributed by atoms with Gasteiger partial charge in [0, 0.05) is 41.3 Å². The predicted molar refractivity (Wildman–Crippen MR) is 245 cm³/mol. The van der Waals surface area contributed by atoms with Crippen LogP contribution in [0.15, 0.2) is 42.3 Å². The van der Waals surface area contributed by atoms with Crippen LogP contribution in [-0.4, -0.2) is 110 Å². The number of carbonyl (C=O) groups is 5. The second-order valence-corrected chi connectivity index (χ2v) is 22.1. The van der Waals surface area contributed by atoms with Crippen molar-refractivity contribution in [2.75, 3.05) is 25.0 Å². The molecule has 3 heterocycles. The van der Waals surface area contributed by atoms with Gasteiger partial charge in [0.05, 0.1) is 23.2 Å². The number of nitrogens with one attached hydrogen (secondary N) is 3. The summed E-state index contributed by atoms with van der Waals surface area (Å²) < 4.78 is 40.8. The zero-order valence-electron chi connectivity index (χ0n) is 38.6. The van der Waals surface area contributed by atoms with Crippen molar-refractivity contribution in [1.82, 2.24) is 25.5 Å². The summed E-state index contributed by atoms with van der Waals surface area (Å²) in [5.41, 5.74) is -2.04. The van der Waals surface area contributed by atoms with Crippen LogP contribution in [0.1, 0.15) is 93.9 Å². The highest BCUT2D eigenvalue weighted by Crippen LogP contribution is 2.46. The minimum Gasteiger partial charge on any atom is -0.488 e. The topological polar surface area (TPSA) is 254 Å². The quantitative estimate of drug-likeness (QED) is 0.0379. The average Bonchev–Trinajstić information content (AvgIpc) is 3.63. The van der Waals surface area contributed by atoms with Gasteiger partial charge in [-0.15, -0.1) is 17.9 Å². The number of pyridine rings is 1. The molecule has 1 unspecified atom stereocenters. The highest BCUT2D eigenvalue weighted by atomic mass is 32.1. The molecule has 3 aliphatic rings. The molecule has 360 valence electrons. The Labute approximate surface area is 387 Å². The zero-order chi connectivity index (χ0) is 48.4. The summed E-state index contributed by atoms with van der Waals surface area (Å²) in [5, 5.41) is 21.8. The Hall–Kier alpha value is -5.30. The van der Waals surface area contributed by atoms with Gasteiger partial charge < -0.3 is 49.8 Å². The summed E-state index contributed by atoms with van der Waals surface area (Å²) in [4.78, 5) is 88.1. The number of likely N-dealkylation sites (tertiary alicyclic amines) is 1. The van der Waals surface area contributed by atoms with Crippen molar-refractivity contribution in [3.63, 3.8) is 0 Å². The molecule has 3 amide bonds. The van der Waals surface area contributed by atoms with Crippen molar-refractivity contribution in [3.8, 4) is 22.9 Å². The summed E-state index contributed by atoms with van der Waals surface area (Å²) >= 11 is 1.37. The molecule has 21 heteroatoms. The SMILES string of the molecule is C=C[C@@H]1C[C@]1(NC(=O)[C@@H]1C[C@@H](Oc2cc(-c3csc(NC(C)C)n3)nc3cc(OCP(=O)(O)OCOC(=O)C(C)(C)C)ccc23)CN1C(=O)[C@@H](NC(=O)OC1CCCC1)C(C)(C)C)C(=O)O. The number of esters is 1. The summed E-state index contributed by atoms with van der Waals surface area (Å²) in [5.74, 6) is -3.19. The van der Waals surface area contributed by atoms with Crippen LogP contribution < -0.4 is 25.4 Å². The Morgan fingerprint density at radius 3 is 2.38 bits per heavy atom. The Morgan fingerprint density at radius 2 is 1.76 bits per heavy atom. The summed E-state index contributed by atoms with van der Waals surface area (Å²) in [6.45, 7) is 17.0. The van der Waals surface area contributed by atoms with Crippen LogP contribution in [0.5, 0.6) is 11.5 Å². The molecule has 2 saturated carbocycles. The number of carbonyl (C=O) groups excluding carboxylic acids is 4. The monoisotopic (exact) mass is 956 g/mol. The van der Waals surface area contributed by atoms with Crippen LogP contribution in [-0.2, 0) is 37.7 Å². The number of aliphatic carboxylic acids is 1. The van der Waals surface area contributed by atoms with Gasteiger partial charge in [0.2, 0.25) is 18.6 Å². The summed E-state index contributed by atoms with van der Waals surface area (Å²) in [7, 11) is -4.40. The lowest BCUT2D eigenvalue weighted by atomic mass is 9.85. The van der Waals surface area contributed by atoms with E-state index in [9.17, 15) is 38.5 Å². The molecule has 6 rings (SSSR count). The summed E-state index contributed by atoms with van der Waals surface area (Å²) in [6.07, 6.45) is 2.25. The maximum absolute atomic E-state index is 14.7. The zero-order valence-corrected chi connectivity index (χ0v) is 40.3. The first-order valence-electron chi connectivity index (χ1n) is 21.9. The highest BCUT2D eigenvalue weighted by molar-refractivity contribution is 7.52. The number of aromatic nitrogens is 2. The van der Waals surface area contributed by atoms with Gasteiger partial charge in [-0.05, 0) is 84.3 Å². The third kappa shape index (κ3) is 12.2. The lowest BCUT2D eigenvalue weighted by Gasteiger charge is -2.35. The molecule has 66 heavy (non-hydrogen) atoms. The number of rotatable bonds is 18. The maximum Gasteiger partial charge on any atom is 0.408 e. The molecule has 0 bridgehead atoms. The van der Waals surface area contributed by atoms with Crippen molar-refractivity contribution in [1.29, 1.82) is 0 Å². The molecule has 5 N–H and O–H groups in total. The highest BCUT2D eigenvalue weighted by Gasteiger charge is 2.61. The normalized spacial score (nSPS) is 22.3. The Balaban J connectivity index is 1.30. The Bertz CT molecular complexity index is 2370. The van der Waals surface area contributed by atoms with Crippen molar-refractivity contribution in [2.45, 2.75) is 130 Å². The van der Waals surface area contributed by atoms with E-state index in [2.05, 4.69) is 22.5 Å². The third-order valence-corrected chi connectivity index (χ3v) is 13.2. The van der Waals surface area contributed by atoms with Gasteiger partial charge in [0.15, 0.2) is 11.5 Å². The van der Waals surface area contributed by atoms with Gasteiger partial charge in [0.25, 0.3) is 0 Å². The van der Waals surface area contributed by atoms with Crippen LogP contribution >= 0.6 is 18.9 Å². The average molecular weight is 957 g/mol. The minimum atomic E-state index is -4.40. The van der Waals surface area contributed by atoms with Gasteiger partial charge in [-0.1, -0.05) is 26.8 Å². The fourth-order valence-electron chi connectivity index (χ4n) is 7.77. The number of amides is 3. The molecule has 1 aliphatic heterocycles. The van der Waals surface area contributed by atoms with Gasteiger partial charge in [-0.25, -0.2) is 19.6 Å². The Morgan fingerprint density at radius 1 is 1.05 bits per heavy atom. The number of thiazole rings is 1. The molecular weight excluding hydrogens is 896 g/mol. The number of anilines is 1. The van der Waals surface area contributed by atoms with E-state index in [-0.39, 0.29) is 37.3 Å². The van der Waals surface area contributed by atoms with E-state index in [0.29, 0.717) is 33.2 Å². The van der Waals surface area contributed by atoms with Gasteiger partial charge in [0.1, 0.15) is 47.0 Å². The van der Waals surface area contributed by atoms with Crippen molar-refractivity contribution >= 4 is 64.8 Å². The predicted octanol–water partition coefficient (Wildman–Crippen LogP) is 6.84. The van der Waals surface area contributed by atoms with Crippen molar-refractivity contribution < 1.29 is 62.0 Å². The largest absolute Gasteiger partial charge is 0.488 e. The lowest BCUT2D eigenvalue weighted by molar-refractivity contribution is -0.160. The van der Waals surface area contributed by atoms with Crippen molar-refractivity contribution in [2.24, 2.45) is 16.7 Å². The maximum atomic E-state index is 14.7. The number of hydrogen-bond acceptors (Lipinski definition) is 15. The first kappa shape index (κ1) is 50.1. The van der Waals surface area contributed by atoms with E-state index in [1.54, 1.807) is 53.7 Å². The number of nitrogens with zero attached hydrogens (tertiary/aromatic N) is 3. The summed E-state index contributed by atoms with van der Waals surface area (Å²) in [6, 6.07) is 4.14. The second kappa shape index (κ2) is 19.9. The van der Waals surface area contributed by atoms with Gasteiger partial charge >= 0.3 is 25.6 Å². The molecule has 2 aromatic heterocycles. The number of ether oxygens (including phenoxy) is 4. The second-order valence-electron chi connectivity index (χ2n) is 19.4. The van der Waals surface area contributed by atoms with E-state index < -0.39 is 91.1 Å². The van der Waals surface area contributed by atoms with Crippen LogP contribution in [0.25, 0.3) is 22.3 Å². The first-order chi connectivity index (χ1) is 30.9. The lowest BCUT2D eigenvalue weighted by Crippen LogP contribution is -2.59. The molecule has 2 aliphatic carbocycles. The van der Waals surface area contributed by atoms with Crippen molar-refractivity contribution in [3.05, 3.63) is 42.3 Å². The molecule has 3 fully saturated rings. The molecular formula is C45H61N6O13PS. The smallest absolute Gasteiger partial charge is 0.408 e. The van der Waals surface area contributed by atoms with Gasteiger partial charge in [-0.3, -0.25) is 23.5 Å². The number of hydrogen-bond donors (Lipinski definition) is 5. The third-order valence-electron chi connectivity index (χ3n) is 11.5. The molecule has 0 radical (unpaired) electrons. The van der Waals surface area contributed by atoms with Crippen LogP contribution in [0.4, 0.5) is 9.93 Å². The Kier molecular flexibility index (Phi) is 15.1. The fraction of sp³-hybridized carbons (Fsp3) is 0.578. The van der Waals surface area contributed by atoms with Crippen LogP contribution in [0.3, 0.4) is 0 Å². The molecule has 6 atom stereocenters. The molecule has 3 aromatic rings. The molecule has 0 spiro atoms. The van der Waals surface area contributed by atoms with E-state index >= 15 is 0 Å². The first-order valence-corrected chi connectivity index (χ1v) is 24.6.